The van der Waals surface area contributed by atoms with E-state index in [0.29, 0.717) is 0 Å². The summed E-state index contributed by atoms with van der Waals surface area (Å²) in [5.74, 6) is -0.987. The molecular formula is C21H14N2O4. The molecule has 0 unspecified atom stereocenters. The number of hydrogen-bond acceptors (Lipinski definition) is 4. The van der Waals surface area contributed by atoms with Gasteiger partial charge in [-0.25, -0.2) is 0 Å². The van der Waals surface area contributed by atoms with Gasteiger partial charge < -0.3 is 0 Å². The maximum absolute atomic E-state index is 13.1. The van der Waals surface area contributed by atoms with E-state index in [-0.39, 0.29) is 16.8 Å². The van der Waals surface area contributed by atoms with Crippen LogP contribution in [-0.2, 0) is 0 Å². The standard InChI is InChI=1S/C21H14N2O4/c24-20-17-12-11-16(23(26)27)13-18(17)21(25)22(20)19(14-7-3-1-4-8-14)15-9-5-2-6-10-15/h1-13,19H. The lowest BCUT2D eigenvalue weighted by atomic mass is 9.97. The van der Waals surface area contributed by atoms with Crippen LogP contribution in [0.3, 0.4) is 0 Å². The molecule has 6 heteroatoms. The van der Waals surface area contributed by atoms with Gasteiger partial charge >= 0.3 is 0 Å². The van der Waals surface area contributed by atoms with Crippen molar-refractivity contribution in [2.24, 2.45) is 0 Å². The molecule has 3 aromatic carbocycles. The Morgan fingerprint density at radius 2 is 1.26 bits per heavy atom. The molecule has 1 aliphatic heterocycles. The molecule has 3 aromatic rings. The Morgan fingerprint density at radius 3 is 1.78 bits per heavy atom. The van der Waals surface area contributed by atoms with E-state index in [0.717, 1.165) is 11.1 Å². The Bertz CT molecular complexity index is 1010. The summed E-state index contributed by atoms with van der Waals surface area (Å²) >= 11 is 0. The van der Waals surface area contributed by atoms with E-state index in [4.69, 9.17) is 0 Å². The lowest BCUT2D eigenvalue weighted by Crippen LogP contribution is -2.34. The van der Waals surface area contributed by atoms with E-state index >= 15 is 0 Å². The van der Waals surface area contributed by atoms with Gasteiger partial charge in [0.15, 0.2) is 0 Å². The first-order valence-electron chi connectivity index (χ1n) is 8.34. The fourth-order valence-electron chi connectivity index (χ4n) is 3.36. The van der Waals surface area contributed by atoms with Gasteiger partial charge in [0.25, 0.3) is 17.5 Å². The summed E-state index contributed by atoms with van der Waals surface area (Å²) in [6, 6.07) is 21.6. The molecule has 0 aromatic heterocycles. The molecule has 0 bridgehead atoms. The lowest BCUT2D eigenvalue weighted by Gasteiger charge is -2.27. The van der Waals surface area contributed by atoms with Crippen LogP contribution >= 0.6 is 0 Å². The van der Waals surface area contributed by atoms with Gasteiger partial charge in [0.05, 0.1) is 22.1 Å². The first kappa shape index (κ1) is 16.7. The van der Waals surface area contributed by atoms with Crippen LogP contribution in [0.4, 0.5) is 5.69 Å². The third-order valence-electron chi connectivity index (χ3n) is 4.60. The van der Waals surface area contributed by atoms with Crippen LogP contribution in [0, 0.1) is 10.1 Å². The molecule has 0 N–H and O–H groups in total. The van der Waals surface area contributed by atoms with Crippen LogP contribution in [-0.4, -0.2) is 21.6 Å². The zero-order chi connectivity index (χ0) is 19.0. The van der Waals surface area contributed by atoms with Gasteiger partial charge in [-0.05, 0) is 17.2 Å². The molecule has 1 aliphatic rings. The molecule has 0 fully saturated rings. The summed E-state index contributed by atoms with van der Waals surface area (Å²) in [5, 5.41) is 11.0. The largest absolute Gasteiger partial charge is 0.270 e. The van der Waals surface area contributed by atoms with Crippen molar-refractivity contribution < 1.29 is 14.5 Å². The summed E-state index contributed by atoms with van der Waals surface area (Å²) in [4.78, 5) is 37.7. The first-order valence-corrected chi connectivity index (χ1v) is 8.34. The number of nitro benzene ring substituents is 1. The maximum Gasteiger partial charge on any atom is 0.270 e. The normalized spacial score (nSPS) is 13.1. The smallest absolute Gasteiger partial charge is 0.269 e. The van der Waals surface area contributed by atoms with E-state index in [1.165, 1.54) is 23.1 Å². The highest BCUT2D eigenvalue weighted by atomic mass is 16.6. The number of benzene rings is 3. The first-order chi connectivity index (χ1) is 13.1. The van der Waals surface area contributed by atoms with Gasteiger partial charge in [-0.3, -0.25) is 24.6 Å². The third-order valence-corrected chi connectivity index (χ3v) is 4.60. The van der Waals surface area contributed by atoms with Gasteiger partial charge in [0.1, 0.15) is 0 Å². The number of nitrogens with zero attached hydrogens (tertiary/aromatic N) is 2. The summed E-state index contributed by atoms with van der Waals surface area (Å²) < 4.78 is 0. The SMILES string of the molecule is O=C1c2ccc([N+](=O)[O-])cc2C(=O)N1C(c1ccccc1)c1ccccc1. The Balaban J connectivity index is 1.85. The summed E-state index contributed by atoms with van der Waals surface area (Å²) in [5.41, 5.74) is 1.60. The molecule has 4 rings (SSSR count). The van der Waals surface area contributed by atoms with Crippen LogP contribution in [0.15, 0.2) is 78.9 Å². The van der Waals surface area contributed by atoms with Crippen LogP contribution in [0.25, 0.3) is 0 Å². The van der Waals surface area contributed by atoms with E-state index in [2.05, 4.69) is 0 Å². The fourth-order valence-corrected chi connectivity index (χ4v) is 3.36. The Kier molecular flexibility index (Phi) is 4.01. The topological polar surface area (TPSA) is 80.5 Å². The number of amides is 2. The minimum atomic E-state index is -0.612. The number of carbonyl (C=O) groups is 2. The van der Waals surface area contributed by atoms with Crippen molar-refractivity contribution in [1.82, 2.24) is 4.90 Å². The maximum atomic E-state index is 13.1. The molecule has 0 saturated carbocycles. The molecule has 27 heavy (non-hydrogen) atoms. The molecule has 1 heterocycles. The second-order valence-electron chi connectivity index (χ2n) is 6.19. The Labute approximate surface area is 154 Å². The van der Waals surface area contributed by atoms with Crippen LogP contribution in [0.5, 0.6) is 0 Å². The highest BCUT2D eigenvalue weighted by molar-refractivity contribution is 6.22. The molecule has 6 nitrogen and oxygen atoms in total. The van der Waals surface area contributed by atoms with Crippen LogP contribution in [0.2, 0.25) is 0 Å². The van der Waals surface area contributed by atoms with E-state index < -0.39 is 22.8 Å². The minimum absolute atomic E-state index is 0.0612. The third kappa shape index (κ3) is 2.77. The average molecular weight is 358 g/mol. The Morgan fingerprint density at radius 1 is 0.741 bits per heavy atom. The lowest BCUT2D eigenvalue weighted by molar-refractivity contribution is -0.384. The minimum Gasteiger partial charge on any atom is -0.269 e. The Hall–Kier alpha value is -3.80. The molecule has 2 amide bonds. The van der Waals surface area contributed by atoms with E-state index in [1.54, 1.807) is 0 Å². The van der Waals surface area contributed by atoms with E-state index in [1.807, 2.05) is 60.7 Å². The number of imide groups is 1. The predicted molar refractivity (Wildman–Crippen MR) is 98.3 cm³/mol. The predicted octanol–water partition coefficient (Wildman–Crippen LogP) is 3.98. The molecule has 132 valence electrons. The van der Waals surface area contributed by atoms with Gasteiger partial charge in [0.2, 0.25) is 0 Å². The summed E-state index contributed by atoms with van der Waals surface area (Å²) in [7, 11) is 0. The van der Waals surface area contributed by atoms with Gasteiger partial charge in [-0.15, -0.1) is 0 Å². The van der Waals surface area contributed by atoms with Crippen molar-refractivity contribution in [1.29, 1.82) is 0 Å². The highest BCUT2D eigenvalue weighted by Gasteiger charge is 2.42. The van der Waals surface area contributed by atoms with Crippen LogP contribution < -0.4 is 0 Å². The number of hydrogen-bond donors (Lipinski definition) is 0. The number of non-ortho nitro benzene ring substituents is 1. The quantitative estimate of drug-likeness (QED) is 0.401. The summed E-state index contributed by atoms with van der Waals surface area (Å²) in [6.45, 7) is 0. The monoisotopic (exact) mass is 358 g/mol. The molecule has 0 atom stereocenters. The highest BCUT2D eigenvalue weighted by Crippen LogP contribution is 2.36. The molecule has 0 radical (unpaired) electrons. The van der Waals surface area contributed by atoms with Gasteiger partial charge in [-0.2, -0.15) is 0 Å². The van der Waals surface area contributed by atoms with Gasteiger partial charge in [0, 0.05) is 12.1 Å². The molecule has 0 spiro atoms. The van der Waals surface area contributed by atoms with Crippen molar-refractivity contribution >= 4 is 17.5 Å². The number of fused-ring (bicyclic) bond motifs is 1. The van der Waals surface area contributed by atoms with Crippen molar-refractivity contribution in [3.05, 3.63) is 111 Å². The van der Waals surface area contributed by atoms with Crippen molar-refractivity contribution in [2.45, 2.75) is 6.04 Å². The van der Waals surface area contributed by atoms with E-state index in [9.17, 15) is 19.7 Å². The fraction of sp³-hybridized carbons (Fsp3) is 0.0476. The van der Waals surface area contributed by atoms with Crippen molar-refractivity contribution in [2.75, 3.05) is 0 Å². The molecule has 0 saturated heterocycles. The van der Waals surface area contributed by atoms with Crippen molar-refractivity contribution in [3.63, 3.8) is 0 Å². The van der Waals surface area contributed by atoms with Gasteiger partial charge in [-0.1, -0.05) is 60.7 Å². The second kappa shape index (κ2) is 6.49. The molecule has 0 aliphatic carbocycles. The molecular weight excluding hydrogens is 344 g/mol. The van der Waals surface area contributed by atoms with Crippen LogP contribution in [0.1, 0.15) is 37.9 Å². The number of nitro groups is 1. The number of carbonyl (C=O) groups excluding carboxylic acids is 2. The summed E-state index contributed by atoms with van der Waals surface area (Å²) in [6.07, 6.45) is 0. The second-order valence-corrected chi connectivity index (χ2v) is 6.19. The average Bonchev–Trinajstić information content (AvgIpc) is 2.95. The zero-order valence-electron chi connectivity index (χ0n) is 14.1. The van der Waals surface area contributed by atoms with Crippen molar-refractivity contribution in [3.8, 4) is 0 Å². The zero-order valence-corrected chi connectivity index (χ0v) is 14.1. The number of rotatable bonds is 4.